The van der Waals surface area contributed by atoms with Crippen molar-refractivity contribution < 1.29 is 57.5 Å². The number of allylic oxidation sites excluding steroid dienone is 1. The Morgan fingerprint density at radius 1 is 1.05 bits per heavy atom. The van der Waals surface area contributed by atoms with Gasteiger partial charge in [0.15, 0.2) is 5.96 Å². The maximum Gasteiger partial charge on any atom is 1.00 e. The van der Waals surface area contributed by atoms with Crippen LogP contribution in [0.3, 0.4) is 0 Å². The Hall–Kier alpha value is -2.86. The summed E-state index contributed by atoms with van der Waals surface area (Å²) in [6.07, 6.45) is 2.24. The molecule has 4 aliphatic heterocycles. The first-order chi connectivity index (χ1) is 19.0. The molecule has 5 atom stereocenters. The number of aliphatic hydroxyl groups is 1. The predicted octanol–water partition coefficient (Wildman–Crippen LogP) is 1.01. The minimum absolute atomic E-state index is 0. The van der Waals surface area contributed by atoms with E-state index in [9.17, 15) is 23.2 Å². The van der Waals surface area contributed by atoms with Gasteiger partial charge in [-0.05, 0) is 72.1 Å². The molecule has 0 saturated carbocycles. The number of aliphatic hydroxyl groups excluding tert-OH is 1. The van der Waals surface area contributed by atoms with Gasteiger partial charge in [-0.3, -0.25) is 0 Å². The average molecular weight is 588 g/mol. The number of ether oxygens (including phenoxy) is 1. The molecule has 11 heteroatoms. The van der Waals surface area contributed by atoms with Crippen molar-refractivity contribution in [3.63, 3.8) is 0 Å². The van der Waals surface area contributed by atoms with Crippen molar-refractivity contribution in [2.75, 3.05) is 0 Å². The molecule has 41 heavy (non-hydrogen) atoms. The Balaban J connectivity index is 0.00000462. The second-order valence-corrected chi connectivity index (χ2v) is 11.6. The first-order valence-corrected chi connectivity index (χ1v) is 14.5. The summed E-state index contributed by atoms with van der Waals surface area (Å²) >= 11 is 0. The van der Waals surface area contributed by atoms with Crippen LogP contribution in [0.4, 0.5) is 0 Å². The number of rotatable bonds is 6. The van der Waals surface area contributed by atoms with Crippen LogP contribution in [0.15, 0.2) is 89.9 Å². The van der Waals surface area contributed by atoms with E-state index in [1.165, 1.54) is 18.2 Å². The third-order valence-corrected chi connectivity index (χ3v) is 8.52. The smallest absolute Gasteiger partial charge is 0.748 e. The van der Waals surface area contributed by atoms with Gasteiger partial charge in [0.1, 0.15) is 11.5 Å². The van der Waals surface area contributed by atoms with E-state index >= 15 is 0 Å². The molecule has 0 fully saturated rings. The van der Waals surface area contributed by atoms with Gasteiger partial charge in [-0.15, -0.1) is 0 Å². The number of guanidine groups is 1. The number of hydrogen-bond donors (Lipinski definition) is 4. The van der Waals surface area contributed by atoms with Gasteiger partial charge in [0.05, 0.1) is 21.5 Å². The van der Waals surface area contributed by atoms with Gasteiger partial charge in [-0.2, -0.15) is 0 Å². The topological polar surface area (TPSA) is 171 Å². The first-order valence-electron chi connectivity index (χ1n) is 13.1. The second kappa shape index (κ2) is 14.4. The molecule has 0 saturated heterocycles. The van der Waals surface area contributed by atoms with Gasteiger partial charge >= 0.3 is 29.6 Å². The molecule has 4 aliphatic rings. The number of hydrogen-bond acceptors (Lipinski definition) is 7. The monoisotopic (exact) mass is 587 g/mol. The summed E-state index contributed by atoms with van der Waals surface area (Å²) < 4.78 is 44.2. The van der Waals surface area contributed by atoms with Crippen LogP contribution in [-0.4, -0.2) is 34.4 Å². The SMILES string of the molecule is CC[C@@H]1C[C@@H](S(=O)(=O)[O-])[C@@H](/C=C/[C@@H](O)c2ccc(O)cc2)Cc2ccc(cc2)[C@@H](N=C(N)N)Oc2ccc1cc2.[Na+]. The van der Waals surface area contributed by atoms with Crippen LogP contribution in [0.2, 0.25) is 0 Å². The van der Waals surface area contributed by atoms with Crippen molar-refractivity contribution in [3.05, 3.63) is 107 Å². The molecule has 7 rings (SSSR count). The van der Waals surface area contributed by atoms with Crippen molar-refractivity contribution in [1.29, 1.82) is 0 Å². The molecule has 0 spiro atoms. The van der Waals surface area contributed by atoms with E-state index in [2.05, 4.69) is 4.99 Å². The Kier molecular flexibility index (Phi) is 11.4. The molecule has 3 aromatic carbocycles. The van der Waals surface area contributed by atoms with Crippen LogP contribution in [0, 0.1) is 5.92 Å². The quantitative estimate of drug-likeness (QED) is 0.109. The third-order valence-electron chi connectivity index (χ3n) is 7.23. The molecule has 0 aliphatic carbocycles. The fourth-order valence-corrected chi connectivity index (χ4v) is 6.10. The molecule has 4 bridgehead atoms. The van der Waals surface area contributed by atoms with E-state index in [-0.39, 0.29) is 60.0 Å². The molecule has 9 nitrogen and oxygen atoms in total. The number of benzene rings is 3. The van der Waals surface area contributed by atoms with Gasteiger partial charge in [0.25, 0.3) is 0 Å². The van der Waals surface area contributed by atoms with Crippen LogP contribution in [0.5, 0.6) is 11.5 Å². The molecule has 4 heterocycles. The number of nitrogens with two attached hydrogens (primary N) is 2. The van der Waals surface area contributed by atoms with Crippen LogP contribution < -0.4 is 45.8 Å². The number of aliphatic imine (C=N–C) groups is 1. The zero-order valence-corrected chi connectivity index (χ0v) is 25.9. The van der Waals surface area contributed by atoms with E-state index in [0.717, 1.165) is 11.1 Å². The van der Waals surface area contributed by atoms with E-state index in [1.807, 2.05) is 31.2 Å². The normalized spacial score (nSPS) is 21.7. The van der Waals surface area contributed by atoms with E-state index in [4.69, 9.17) is 16.2 Å². The van der Waals surface area contributed by atoms with Gasteiger partial charge < -0.3 is 31.0 Å². The Morgan fingerprint density at radius 2 is 1.66 bits per heavy atom. The Bertz CT molecular complexity index is 1440. The fraction of sp³-hybridized carbons (Fsp3) is 0.300. The molecule has 212 valence electrons. The molecule has 6 N–H and O–H groups in total. The van der Waals surface area contributed by atoms with Crippen LogP contribution in [0.1, 0.15) is 60.3 Å². The van der Waals surface area contributed by atoms with Crippen LogP contribution in [-0.2, 0) is 16.5 Å². The van der Waals surface area contributed by atoms with Gasteiger partial charge in [-0.1, -0.05) is 67.6 Å². The summed E-state index contributed by atoms with van der Waals surface area (Å²) in [5.74, 6) is -0.460. The van der Waals surface area contributed by atoms with Crippen molar-refractivity contribution >= 4 is 16.1 Å². The van der Waals surface area contributed by atoms with E-state index in [1.54, 1.807) is 42.5 Å². The van der Waals surface area contributed by atoms with E-state index < -0.39 is 33.6 Å². The molecular weight excluding hydrogens is 553 g/mol. The minimum Gasteiger partial charge on any atom is -0.748 e. The zero-order chi connectivity index (χ0) is 28.9. The molecule has 0 unspecified atom stereocenters. The Morgan fingerprint density at radius 3 is 2.22 bits per heavy atom. The maximum absolute atomic E-state index is 12.7. The van der Waals surface area contributed by atoms with Gasteiger partial charge in [-0.25, -0.2) is 13.4 Å². The van der Waals surface area contributed by atoms with Crippen LogP contribution >= 0.6 is 0 Å². The summed E-state index contributed by atoms with van der Waals surface area (Å²) in [6, 6.07) is 20.5. The molecule has 3 aromatic rings. The van der Waals surface area contributed by atoms with E-state index in [0.29, 0.717) is 23.3 Å². The minimum atomic E-state index is -4.73. The van der Waals surface area contributed by atoms with Crippen LogP contribution in [0.25, 0.3) is 0 Å². The van der Waals surface area contributed by atoms with Gasteiger partial charge in [0.2, 0.25) is 6.23 Å². The standard InChI is InChI=1S/C30H35N3O6S.Na/c1-2-20-18-28(40(36,37)38)24(11-16-27(35)22-7-12-25(34)13-8-22)17-19-3-5-23(6-4-19)29(33-30(31)32)39-26-14-9-21(20)10-15-26;/h3-16,20,24,27-29,34-35H,2,17-18H2,1H3,(H4,31,32,33)(H,36,37,38);/q;+1/p-1/b16-11+;/t20-,24+,27-,28-,29+;/m1./s1. The maximum atomic E-state index is 12.7. The Labute approximate surface area is 263 Å². The van der Waals surface area contributed by atoms with Crippen molar-refractivity contribution in [3.8, 4) is 11.5 Å². The number of aromatic hydroxyl groups is 1. The second-order valence-electron chi connectivity index (χ2n) is 10.00. The molecule has 0 amide bonds. The summed E-state index contributed by atoms with van der Waals surface area (Å²) in [7, 11) is -4.73. The number of phenols is 1. The zero-order valence-electron chi connectivity index (χ0n) is 23.1. The summed E-state index contributed by atoms with van der Waals surface area (Å²) in [6.45, 7) is 1.95. The summed E-state index contributed by atoms with van der Waals surface area (Å²) in [5, 5.41) is 19.1. The molecule has 0 radical (unpaired) electrons. The fourth-order valence-electron chi connectivity index (χ4n) is 5.02. The largest absolute Gasteiger partial charge is 1.00 e. The predicted molar refractivity (Wildman–Crippen MR) is 153 cm³/mol. The number of nitrogens with zero attached hydrogens (tertiary/aromatic N) is 1. The average Bonchev–Trinajstić information content (AvgIpc) is 2.92. The van der Waals surface area contributed by atoms with Gasteiger partial charge in [0, 0.05) is 5.56 Å². The van der Waals surface area contributed by atoms with Crippen molar-refractivity contribution in [2.45, 2.75) is 49.7 Å². The summed E-state index contributed by atoms with van der Waals surface area (Å²) in [5.41, 5.74) is 14.2. The number of phenolic OH excluding ortho intramolecular Hbond substituents is 1. The van der Waals surface area contributed by atoms with Crippen molar-refractivity contribution in [2.24, 2.45) is 22.4 Å². The molecular formula is C30H34N3NaO6S. The summed E-state index contributed by atoms with van der Waals surface area (Å²) in [4.78, 5) is 4.22. The third kappa shape index (κ3) is 8.81. The molecule has 0 aromatic heterocycles. The first kappa shape index (κ1) is 32.7. The van der Waals surface area contributed by atoms with Crippen molar-refractivity contribution in [1.82, 2.24) is 0 Å².